The lowest BCUT2D eigenvalue weighted by molar-refractivity contribution is -0.151. The third-order valence-electron chi connectivity index (χ3n) is 6.29. The Morgan fingerprint density at radius 2 is 1.90 bits per heavy atom. The SMILES string of the molecule is Cn1nnnc1SCC1=C(C(=O)O)N2C(=O)C(NC(=O)[C@@H](NC(=O)c3ccccc3Cl)c3ccccc3)[C@@H]2SC1. The van der Waals surface area contributed by atoms with E-state index < -0.39 is 41.1 Å². The highest BCUT2D eigenvalue weighted by Crippen LogP contribution is 2.41. The van der Waals surface area contributed by atoms with Crippen LogP contribution in [0, 0.1) is 0 Å². The number of fused-ring (bicyclic) bond motifs is 1. The van der Waals surface area contributed by atoms with E-state index >= 15 is 0 Å². The summed E-state index contributed by atoms with van der Waals surface area (Å²) in [6, 6.07) is 13.0. The minimum Gasteiger partial charge on any atom is -0.477 e. The molecule has 2 aliphatic rings. The summed E-state index contributed by atoms with van der Waals surface area (Å²) in [7, 11) is 1.67. The number of thioether (sulfide) groups is 2. The van der Waals surface area contributed by atoms with Crippen LogP contribution in [0.3, 0.4) is 0 Å². The summed E-state index contributed by atoms with van der Waals surface area (Å²) in [6.45, 7) is 0. The minimum atomic E-state index is -1.23. The number of nitrogens with one attached hydrogen (secondary N) is 2. The predicted molar refractivity (Wildman–Crippen MR) is 147 cm³/mol. The molecular formula is C25H22ClN7O5S2. The van der Waals surface area contributed by atoms with Crippen LogP contribution in [0.15, 0.2) is 71.0 Å². The summed E-state index contributed by atoms with van der Waals surface area (Å²) in [5, 5.41) is 26.7. The van der Waals surface area contributed by atoms with Crippen LogP contribution in [0.2, 0.25) is 5.02 Å². The maximum Gasteiger partial charge on any atom is 0.352 e. The van der Waals surface area contributed by atoms with Crippen LogP contribution in [0.25, 0.3) is 0 Å². The van der Waals surface area contributed by atoms with Crippen molar-refractivity contribution < 1.29 is 24.3 Å². The summed E-state index contributed by atoms with van der Waals surface area (Å²) < 4.78 is 1.47. The van der Waals surface area contributed by atoms with Crippen LogP contribution < -0.4 is 10.6 Å². The second kappa shape index (κ2) is 11.7. The molecule has 40 heavy (non-hydrogen) atoms. The van der Waals surface area contributed by atoms with Crippen molar-refractivity contribution in [1.29, 1.82) is 0 Å². The van der Waals surface area contributed by atoms with Crippen molar-refractivity contribution in [2.45, 2.75) is 22.6 Å². The lowest BCUT2D eigenvalue weighted by atomic mass is 10.0. The number of carbonyl (C=O) groups excluding carboxylic acids is 3. The zero-order valence-electron chi connectivity index (χ0n) is 20.9. The average molecular weight is 600 g/mol. The van der Waals surface area contributed by atoms with Crippen molar-refractivity contribution in [2.75, 3.05) is 11.5 Å². The number of β-lactam (4-membered cyclic amide) rings is 1. The van der Waals surface area contributed by atoms with Crippen LogP contribution in [0.1, 0.15) is 22.0 Å². The van der Waals surface area contributed by atoms with Crippen molar-refractivity contribution in [2.24, 2.45) is 7.05 Å². The molecule has 206 valence electrons. The first-order chi connectivity index (χ1) is 19.3. The van der Waals surface area contributed by atoms with Crippen molar-refractivity contribution in [1.82, 2.24) is 35.7 Å². The number of rotatable bonds is 9. The second-order valence-electron chi connectivity index (χ2n) is 8.82. The van der Waals surface area contributed by atoms with E-state index in [4.69, 9.17) is 11.6 Å². The number of aryl methyl sites for hydroxylation is 1. The molecule has 1 saturated heterocycles. The van der Waals surface area contributed by atoms with Crippen LogP contribution in [-0.2, 0) is 21.4 Å². The Hall–Kier alpha value is -3.88. The van der Waals surface area contributed by atoms with E-state index in [1.165, 1.54) is 33.1 Å². The molecule has 0 radical (unpaired) electrons. The van der Waals surface area contributed by atoms with Gasteiger partial charge in [0, 0.05) is 18.6 Å². The molecule has 0 saturated carbocycles. The Bertz CT molecular complexity index is 1520. The van der Waals surface area contributed by atoms with E-state index in [0.717, 1.165) is 0 Å². The Balaban J connectivity index is 1.33. The van der Waals surface area contributed by atoms with Gasteiger partial charge in [-0.25, -0.2) is 9.48 Å². The number of carboxylic acid groups (broad SMARTS) is 1. The van der Waals surface area contributed by atoms with E-state index in [2.05, 4.69) is 26.2 Å². The molecule has 2 aromatic carbocycles. The fourth-order valence-corrected chi connectivity index (χ4v) is 6.88. The van der Waals surface area contributed by atoms with E-state index in [9.17, 15) is 24.3 Å². The van der Waals surface area contributed by atoms with E-state index in [0.29, 0.717) is 22.0 Å². The zero-order chi connectivity index (χ0) is 28.4. The van der Waals surface area contributed by atoms with Crippen LogP contribution in [-0.4, -0.2) is 76.8 Å². The highest BCUT2D eigenvalue weighted by Gasteiger charge is 2.54. The Morgan fingerprint density at radius 1 is 1.18 bits per heavy atom. The lowest BCUT2D eigenvalue weighted by Crippen LogP contribution is -2.71. The Labute approximate surface area is 241 Å². The number of carboxylic acids is 1. The molecule has 3 heterocycles. The lowest BCUT2D eigenvalue weighted by Gasteiger charge is -2.49. The molecule has 3 amide bonds. The second-order valence-corrected chi connectivity index (χ2v) is 11.3. The van der Waals surface area contributed by atoms with Gasteiger partial charge >= 0.3 is 5.97 Å². The van der Waals surface area contributed by atoms with E-state index in [1.807, 2.05) is 0 Å². The number of aliphatic carboxylic acids is 1. The van der Waals surface area contributed by atoms with Crippen molar-refractivity contribution >= 4 is 58.8 Å². The smallest absolute Gasteiger partial charge is 0.352 e. The van der Waals surface area contributed by atoms with Crippen molar-refractivity contribution in [3.8, 4) is 0 Å². The van der Waals surface area contributed by atoms with Gasteiger partial charge in [-0.05, 0) is 33.7 Å². The first kappa shape index (κ1) is 27.7. The fraction of sp³-hybridized carbons (Fsp3) is 0.240. The molecule has 1 aromatic heterocycles. The highest BCUT2D eigenvalue weighted by atomic mass is 35.5. The van der Waals surface area contributed by atoms with Gasteiger partial charge in [0.2, 0.25) is 11.1 Å². The summed E-state index contributed by atoms with van der Waals surface area (Å²) in [6.07, 6.45) is 0. The number of halogens is 1. The molecule has 2 aliphatic heterocycles. The molecule has 0 spiro atoms. The number of amides is 3. The zero-order valence-corrected chi connectivity index (χ0v) is 23.2. The van der Waals surface area contributed by atoms with Crippen LogP contribution >= 0.6 is 35.1 Å². The van der Waals surface area contributed by atoms with Gasteiger partial charge in [0.25, 0.3) is 11.8 Å². The van der Waals surface area contributed by atoms with Crippen molar-refractivity contribution in [3.05, 3.63) is 82.0 Å². The van der Waals surface area contributed by atoms with E-state index in [1.54, 1.807) is 61.6 Å². The summed E-state index contributed by atoms with van der Waals surface area (Å²) in [4.78, 5) is 53.0. The van der Waals surface area contributed by atoms with Crippen LogP contribution in [0.4, 0.5) is 0 Å². The molecule has 3 aromatic rings. The molecule has 1 fully saturated rings. The fourth-order valence-electron chi connectivity index (χ4n) is 4.33. The number of benzene rings is 2. The normalized spacial score (nSPS) is 18.9. The molecule has 5 rings (SSSR count). The number of hydrogen-bond acceptors (Lipinski definition) is 9. The standard InChI is InChI=1S/C25H22ClN7O5S2/c1-32-25(29-30-31-32)40-12-14-11-39-23-18(22(36)33(23)19(14)24(37)38)28-21(35)17(13-7-3-2-4-8-13)27-20(34)15-9-5-6-10-16(15)26/h2-10,17-18,23H,11-12H2,1H3,(H,27,34)(H,28,35)(H,37,38)/t17-,18?,23-/m0/s1. The number of hydrogen-bond donors (Lipinski definition) is 3. The van der Waals surface area contributed by atoms with Gasteiger partial charge in [0.15, 0.2) is 0 Å². The molecule has 1 unspecified atom stereocenters. The highest BCUT2D eigenvalue weighted by molar-refractivity contribution is 8.01. The van der Waals surface area contributed by atoms with Gasteiger partial charge in [0.1, 0.15) is 23.2 Å². The Kier molecular flexibility index (Phi) is 8.09. The Morgan fingerprint density at radius 3 is 2.58 bits per heavy atom. The predicted octanol–water partition coefficient (Wildman–Crippen LogP) is 1.87. The summed E-state index contributed by atoms with van der Waals surface area (Å²) >= 11 is 8.78. The summed E-state index contributed by atoms with van der Waals surface area (Å²) in [5.74, 6) is -2.33. The summed E-state index contributed by atoms with van der Waals surface area (Å²) in [5.41, 5.74) is 1.15. The first-order valence-corrected chi connectivity index (χ1v) is 14.3. The largest absolute Gasteiger partial charge is 0.477 e. The molecule has 15 heteroatoms. The average Bonchev–Trinajstić information content (AvgIpc) is 3.37. The van der Waals surface area contributed by atoms with Gasteiger partial charge in [-0.15, -0.1) is 16.9 Å². The van der Waals surface area contributed by atoms with Gasteiger partial charge < -0.3 is 15.7 Å². The van der Waals surface area contributed by atoms with Gasteiger partial charge in [-0.3, -0.25) is 19.3 Å². The van der Waals surface area contributed by atoms with Crippen molar-refractivity contribution in [3.63, 3.8) is 0 Å². The van der Waals surface area contributed by atoms with E-state index in [-0.39, 0.29) is 22.0 Å². The maximum absolute atomic E-state index is 13.5. The number of aromatic nitrogens is 4. The van der Waals surface area contributed by atoms with Gasteiger partial charge in [0.05, 0.1) is 10.6 Å². The quantitative estimate of drug-likeness (QED) is 0.245. The molecule has 3 atom stereocenters. The van der Waals surface area contributed by atoms with Gasteiger partial charge in [-0.2, -0.15) is 0 Å². The molecular weight excluding hydrogens is 578 g/mol. The number of tetrazole rings is 1. The molecule has 0 bridgehead atoms. The first-order valence-electron chi connectivity index (χ1n) is 11.9. The molecule has 12 nitrogen and oxygen atoms in total. The topological polar surface area (TPSA) is 159 Å². The third-order valence-corrected chi connectivity index (χ3v) is 9.06. The molecule has 3 N–H and O–H groups in total. The van der Waals surface area contributed by atoms with Gasteiger partial charge in [-0.1, -0.05) is 65.8 Å². The number of nitrogens with zero attached hydrogens (tertiary/aromatic N) is 5. The maximum atomic E-state index is 13.5. The third kappa shape index (κ3) is 5.42. The minimum absolute atomic E-state index is 0.103. The number of carbonyl (C=O) groups is 4. The monoisotopic (exact) mass is 599 g/mol. The van der Waals surface area contributed by atoms with Crippen LogP contribution in [0.5, 0.6) is 0 Å². The molecule has 0 aliphatic carbocycles.